The zero-order chi connectivity index (χ0) is 22.6. The molecule has 3 aromatic carbocycles. The maximum absolute atomic E-state index is 13.3. The standard InChI is InChI=1S/C24H24IN3O3S/c25-19-8-12-22(13-9-19)28(32(30,31)23-6-2-1-3-7-23)18-24(29)26-20-10-14-21(15-11-20)27-16-4-5-17-27/h1-3,6-15H,4-5,16-18H2,(H,26,29). The molecule has 4 rings (SSSR count). The molecule has 0 spiro atoms. The molecule has 0 unspecified atom stereocenters. The van der Waals surface area contributed by atoms with Crippen molar-refractivity contribution in [1.82, 2.24) is 0 Å². The van der Waals surface area contributed by atoms with Crippen LogP contribution in [-0.2, 0) is 14.8 Å². The topological polar surface area (TPSA) is 69.7 Å². The first-order chi connectivity index (χ1) is 15.4. The minimum Gasteiger partial charge on any atom is -0.372 e. The molecular formula is C24H24IN3O3S. The largest absolute Gasteiger partial charge is 0.372 e. The van der Waals surface area contributed by atoms with E-state index in [-0.39, 0.29) is 11.4 Å². The van der Waals surface area contributed by atoms with E-state index in [0.717, 1.165) is 26.7 Å². The lowest BCUT2D eigenvalue weighted by Gasteiger charge is -2.24. The second-order valence-corrected chi connectivity index (χ2v) is 10.7. The Bertz CT molecular complexity index is 1160. The van der Waals surface area contributed by atoms with Gasteiger partial charge in [-0.1, -0.05) is 18.2 Å². The number of hydrogen-bond acceptors (Lipinski definition) is 4. The van der Waals surface area contributed by atoms with Gasteiger partial charge in [-0.25, -0.2) is 8.42 Å². The molecular weight excluding hydrogens is 537 g/mol. The van der Waals surface area contributed by atoms with Crippen LogP contribution in [0.15, 0.2) is 83.8 Å². The second-order valence-electron chi connectivity index (χ2n) is 7.59. The normalized spacial score (nSPS) is 13.7. The van der Waals surface area contributed by atoms with E-state index < -0.39 is 15.9 Å². The third-order valence-electron chi connectivity index (χ3n) is 5.36. The molecule has 0 bridgehead atoms. The van der Waals surface area contributed by atoms with E-state index in [2.05, 4.69) is 32.8 Å². The molecule has 6 nitrogen and oxygen atoms in total. The van der Waals surface area contributed by atoms with Crippen LogP contribution in [0.2, 0.25) is 0 Å². The van der Waals surface area contributed by atoms with Gasteiger partial charge >= 0.3 is 0 Å². The van der Waals surface area contributed by atoms with Crippen molar-refractivity contribution >= 4 is 55.6 Å². The van der Waals surface area contributed by atoms with E-state index in [1.54, 1.807) is 30.3 Å². The molecule has 0 aromatic heterocycles. The Morgan fingerprint density at radius 2 is 1.53 bits per heavy atom. The fourth-order valence-corrected chi connectivity index (χ4v) is 5.51. The number of carbonyl (C=O) groups is 1. The molecule has 0 atom stereocenters. The third-order valence-corrected chi connectivity index (χ3v) is 7.86. The number of carbonyl (C=O) groups excluding carboxylic acids is 1. The summed E-state index contributed by atoms with van der Waals surface area (Å²) in [6.07, 6.45) is 2.39. The van der Waals surface area contributed by atoms with Crippen molar-refractivity contribution in [3.05, 3.63) is 82.4 Å². The highest BCUT2D eigenvalue weighted by molar-refractivity contribution is 14.1. The lowest BCUT2D eigenvalue weighted by Crippen LogP contribution is -2.38. The number of hydrogen-bond donors (Lipinski definition) is 1. The van der Waals surface area contributed by atoms with Crippen molar-refractivity contribution in [2.75, 3.05) is 34.2 Å². The molecule has 8 heteroatoms. The van der Waals surface area contributed by atoms with Gasteiger partial charge in [0.05, 0.1) is 10.6 Å². The molecule has 1 amide bonds. The van der Waals surface area contributed by atoms with Gasteiger partial charge in [-0.15, -0.1) is 0 Å². The highest BCUT2D eigenvalue weighted by Gasteiger charge is 2.27. The van der Waals surface area contributed by atoms with Crippen molar-refractivity contribution in [2.45, 2.75) is 17.7 Å². The molecule has 1 aliphatic heterocycles. The summed E-state index contributed by atoms with van der Waals surface area (Å²) < 4.78 is 28.8. The first kappa shape index (κ1) is 22.6. The Balaban J connectivity index is 1.54. The van der Waals surface area contributed by atoms with Gasteiger partial charge in [-0.05, 0) is 96.1 Å². The maximum atomic E-state index is 13.3. The summed E-state index contributed by atoms with van der Waals surface area (Å²) in [7, 11) is -3.91. The Labute approximate surface area is 202 Å². The lowest BCUT2D eigenvalue weighted by atomic mass is 10.2. The van der Waals surface area contributed by atoms with E-state index in [4.69, 9.17) is 0 Å². The Morgan fingerprint density at radius 3 is 2.16 bits per heavy atom. The minimum absolute atomic E-state index is 0.140. The fourth-order valence-electron chi connectivity index (χ4n) is 3.70. The summed E-state index contributed by atoms with van der Waals surface area (Å²) in [6, 6.07) is 22.9. The second kappa shape index (κ2) is 9.91. The molecule has 32 heavy (non-hydrogen) atoms. The van der Waals surface area contributed by atoms with Crippen LogP contribution in [0.5, 0.6) is 0 Å². The summed E-state index contributed by atoms with van der Waals surface area (Å²) in [6.45, 7) is 1.77. The van der Waals surface area contributed by atoms with Gasteiger partial charge in [0.1, 0.15) is 6.54 Å². The highest BCUT2D eigenvalue weighted by Crippen LogP contribution is 2.25. The number of sulfonamides is 1. The van der Waals surface area contributed by atoms with Crippen LogP contribution in [0.3, 0.4) is 0 Å². The van der Waals surface area contributed by atoms with E-state index in [1.807, 2.05) is 36.4 Å². The molecule has 0 saturated carbocycles. The van der Waals surface area contributed by atoms with Crippen LogP contribution in [-0.4, -0.2) is 34.0 Å². The van der Waals surface area contributed by atoms with Crippen LogP contribution < -0.4 is 14.5 Å². The van der Waals surface area contributed by atoms with E-state index in [9.17, 15) is 13.2 Å². The predicted octanol–water partition coefficient (Wildman–Crippen LogP) is 4.73. The van der Waals surface area contributed by atoms with Crippen LogP contribution in [0.25, 0.3) is 0 Å². The van der Waals surface area contributed by atoms with Gasteiger partial charge in [0, 0.05) is 28.0 Å². The van der Waals surface area contributed by atoms with Gasteiger partial charge in [0.2, 0.25) is 5.91 Å². The molecule has 0 aliphatic carbocycles. The third kappa shape index (κ3) is 5.24. The highest BCUT2D eigenvalue weighted by atomic mass is 127. The molecule has 3 aromatic rings. The molecule has 166 valence electrons. The smallest absolute Gasteiger partial charge is 0.264 e. The first-order valence-corrected chi connectivity index (χ1v) is 12.9. The van der Waals surface area contributed by atoms with Crippen molar-refractivity contribution in [1.29, 1.82) is 0 Å². The average molecular weight is 561 g/mol. The summed E-state index contributed by atoms with van der Waals surface area (Å²) in [5.74, 6) is -0.406. The van der Waals surface area contributed by atoms with Crippen molar-refractivity contribution in [3.63, 3.8) is 0 Å². The summed E-state index contributed by atoms with van der Waals surface area (Å²) >= 11 is 2.16. The van der Waals surface area contributed by atoms with Crippen molar-refractivity contribution in [2.24, 2.45) is 0 Å². The number of nitrogens with one attached hydrogen (secondary N) is 1. The van der Waals surface area contributed by atoms with Crippen LogP contribution in [0.4, 0.5) is 17.1 Å². The van der Waals surface area contributed by atoms with E-state index in [0.29, 0.717) is 11.4 Å². The van der Waals surface area contributed by atoms with E-state index >= 15 is 0 Å². The molecule has 1 fully saturated rings. The van der Waals surface area contributed by atoms with Crippen molar-refractivity contribution < 1.29 is 13.2 Å². The zero-order valence-electron chi connectivity index (χ0n) is 17.4. The van der Waals surface area contributed by atoms with Gasteiger partial charge in [-0.3, -0.25) is 9.10 Å². The number of rotatable bonds is 7. The number of nitrogens with zero attached hydrogens (tertiary/aromatic N) is 2. The van der Waals surface area contributed by atoms with Gasteiger partial charge in [0.15, 0.2) is 0 Å². The minimum atomic E-state index is -3.91. The zero-order valence-corrected chi connectivity index (χ0v) is 20.4. The summed E-state index contributed by atoms with van der Waals surface area (Å²) in [4.78, 5) is 15.3. The molecule has 1 heterocycles. The quantitative estimate of drug-likeness (QED) is 0.424. The number of halogens is 1. The number of anilines is 3. The molecule has 1 aliphatic rings. The Kier molecular flexibility index (Phi) is 7.00. The summed E-state index contributed by atoms with van der Waals surface area (Å²) in [5, 5.41) is 2.83. The van der Waals surface area contributed by atoms with Crippen LogP contribution in [0.1, 0.15) is 12.8 Å². The molecule has 1 saturated heterocycles. The fraction of sp³-hybridized carbons (Fsp3) is 0.208. The Hall–Kier alpha value is -2.59. The summed E-state index contributed by atoms with van der Waals surface area (Å²) in [5.41, 5.74) is 2.21. The molecule has 1 N–H and O–H groups in total. The van der Waals surface area contributed by atoms with Gasteiger partial charge < -0.3 is 10.2 Å². The van der Waals surface area contributed by atoms with Crippen molar-refractivity contribution in [3.8, 4) is 0 Å². The van der Waals surface area contributed by atoms with Gasteiger partial charge in [0.25, 0.3) is 10.0 Å². The molecule has 0 radical (unpaired) electrons. The van der Waals surface area contributed by atoms with E-state index in [1.165, 1.54) is 25.0 Å². The maximum Gasteiger partial charge on any atom is 0.264 e. The Morgan fingerprint density at radius 1 is 0.906 bits per heavy atom. The lowest BCUT2D eigenvalue weighted by molar-refractivity contribution is -0.114. The number of amides is 1. The predicted molar refractivity (Wildman–Crippen MR) is 137 cm³/mol. The van der Waals surface area contributed by atoms with Crippen LogP contribution >= 0.6 is 22.6 Å². The first-order valence-electron chi connectivity index (χ1n) is 10.4. The van der Waals surface area contributed by atoms with Gasteiger partial charge in [-0.2, -0.15) is 0 Å². The SMILES string of the molecule is O=C(CN(c1ccc(I)cc1)S(=O)(=O)c1ccccc1)Nc1ccc(N2CCCC2)cc1. The monoisotopic (exact) mass is 561 g/mol. The van der Waals surface area contributed by atoms with Crippen LogP contribution in [0, 0.1) is 3.57 Å². The number of benzene rings is 3. The average Bonchev–Trinajstić information content (AvgIpc) is 3.34.